The topological polar surface area (TPSA) is 41.1 Å². The van der Waals surface area contributed by atoms with Gasteiger partial charge < -0.3 is 10.6 Å². The van der Waals surface area contributed by atoms with Crippen molar-refractivity contribution in [3.05, 3.63) is 57.8 Å². The molecule has 3 rings (SSSR count). The molecule has 0 radical (unpaired) electrons. The van der Waals surface area contributed by atoms with Crippen LogP contribution in [0.15, 0.2) is 41.8 Å². The summed E-state index contributed by atoms with van der Waals surface area (Å²) in [6, 6.07) is 12.5. The van der Waals surface area contributed by atoms with Gasteiger partial charge in [-0.05, 0) is 35.9 Å². The Labute approximate surface area is 129 Å². The lowest BCUT2D eigenvalue weighted by Gasteiger charge is -2.28. The molecule has 0 spiro atoms. The van der Waals surface area contributed by atoms with Gasteiger partial charge in [-0.3, -0.25) is 4.79 Å². The van der Waals surface area contributed by atoms with Gasteiger partial charge in [0, 0.05) is 18.0 Å². The molecule has 0 bridgehead atoms. The van der Waals surface area contributed by atoms with Crippen LogP contribution in [0.4, 0.5) is 0 Å². The molecule has 0 saturated carbocycles. The molecule has 1 unspecified atom stereocenters. The number of thiophene rings is 1. The number of hydrogen-bond donors (Lipinski definition) is 2. The van der Waals surface area contributed by atoms with Gasteiger partial charge >= 0.3 is 0 Å². The van der Waals surface area contributed by atoms with E-state index in [1.165, 1.54) is 16.0 Å². The average Bonchev–Trinajstić information content (AvgIpc) is 2.83. The van der Waals surface area contributed by atoms with Crippen LogP contribution < -0.4 is 10.6 Å². The Hall–Kier alpha value is -1.65. The van der Waals surface area contributed by atoms with E-state index in [0.717, 1.165) is 19.5 Å². The van der Waals surface area contributed by atoms with Crippen LogP contribution in [0.3, 0.4) is 0 Å². The number of amides is 1. The van der Waals surface area contributed by atoms with Crippen LogP contribution in [0, 0.1) is 12.8 Å². The second-order valence-corrected chi connectivity index (χ2v) is 6.52. The number of benzene rings is 1. The first-order valence-corrected chi connectivity index (χ1v) is 8.21. The molecule has 21 heavy (non-hydrogen) atoms. The molecular weight excluding hydrogens is 280 g/mol. The number of hydrogen-bond acceptors (Lipinski definition) is 3. The minimum Gasteiger partial charge on any atom is -0.348 e. The van der Waals surface area contributed by atoms with E-state index < -0.39 is 0 Å². The molecular formula is C17H20N2OS. The minimum absolute atomic E-state index is 0.0699. The van der Waals surface area contributed by atoms with E-state index >= 15 is 0 Å². The third kappa shape index (κ3) is 3.34. The quantitative estimate of drug-likeness (QED) is 0.891. The molecule has 1 aliphatic heterocycles. The van der Waals surface area contributed by atoms with Crippen molar-refractivity contribution < 1.29 is 4.79 Å². The zero-order chi connectivity index (χ0) is 14.7. The normalized spacial score (nSPS) is 16.2. The lowest BCUT2D eigenvalue weighted by atomic mass is 9.99. The highest BCUT2D eigenvalue weighted by Crippen LogP contribution is 2.27. The third-order valence-electron chi connectivity index (χ3n) is 3.97. The fraction of sp³-hybridized carbons (Fsp3) is 0.353. The highest BCUT2D eigenvalue weighted by atomic mass is 32.1. The molecule has 1 aromatic heterocycles. The largest absolute Gasteiger partial charge is 0.348 e. The van der Waals surface area contributed by atoms with Gasteiger partial charge in [-0.15, -0.1) is 11.3 Å². The molecule has 3 nitrogen and oxygen atoms in total. The number of carbonyl (C=O) groups is 1. The molecule has 1 saturated heterocycles. The highest BCUT2D eigenvalue weighted by molar-refractivity contribution is 7.10. The minimum atomic E-state index is 0.0699. The second-order valence-electron chi connectivity index (χ2n) is 5.57. The Morgan fingerprint density at radius 1 is 1.33 bits per heavy atom. The predicted octanol–water partition coefficient (Wildman–Crippen LogP) is 2.68. The van der Waals surface area contributed by atoms with Crippen LogP contribution in [-0.2, 0) is 11.2 Å². The molecule has 4 heteroatoms. The fourth-order valence-corrected chi connectivity index (χ4v) is 3.54. The Balaban J connectivity index is 1.77. The van der Waals surface area contributed by atoms with Crippen LogP contribution >= 0.6 is 11.3 Å². The van der Waals surface area contributed by atoms with Gasteiger partial charge in [0.05, 0.1) is 12.0 Å². The van der Waals surface area contributed by atoms with E-state index in [-0.39, 0.29) is 17.9 Å². The first kappa shape index (κ1) is 14.3. The lowest BCUT2D eigenvalue weighted by Crippen LogP contribution is -2.51. The number of rotatable bonds is 5. The van der Waals surface area contributed by atoms with Gasteiger partial charge in [-0.2, -0.15) is 0 Å². The van der Waals surface area contributed by atoms with Crippen molar-refractivity contribution in [1.29, 1.82) is 0 Å². The molecule has 0 aliphatic carbocycles. The van der Waals surface area contributed by atoms with Crippen molar-refractivity contribution in [1.82, 2.24) is 10.6 Å². The zero-order valence-corrected chi connectivity index (χ0v) is 13.0. The molecule has 1 atom stereocenters. The SMILES string of the molecule is Cc1ccsc1C(Cc1ccccc1)NC(=O)C1CNC1. The maximum absolute atomic E-state index is 12.3. The Bertz CT molecular complexity index is 604. The molecule has 1 amide bonds. The van der Waals surface area contributed by atoms with Crippen molar-refractivity contribution in [3.8, 4) is 0 Å². The number of nitrogens with one attached hydrogen (secondary N) is 2. The Morgan fingerprint density at radius 3 is 2.67 bits per heavy atom. The molecule has 110 valence electrons. The van der Waals surface area contributed by atoms with Crippen molar-refractivity contribution in [2.24, 2.45) is 5.92 Å². The van der Waals surface area contributed by atoms with Gasteiger partial charge in [0.2, 0.25) is 5.91 Å². The summed E-state index contributed by atoms with van der Waals surface area (Å²) < 4.78 is 0. The molecule has 2 N–H and O–H groups in total. The van der Waals surface area contributed by atoms with Crippen molar-refractivity contribution in [2.75, 3.05) is 13.1 Å². The first-order valence-electron chi connectivity index (χ1n) is 7.33. The van der Waals surface area contributed by atoms with Crippen LogP contribution in [0.1, 0.15) is 22.0 Å². The monoisotopic (exact) mass is 300 g/mol. The van der Waals surface area contributed by atoms with E-state index in [4.69, 9.17) is 0 Å². The summed E-state index contributed by atoms with van der Waals surface area (Å²) in [5.41, 5.74) is 2.51. The van der Waals surface area contributed by atoms with Crippen LogP contribution in [0.2, 0.25) is 0 Å². The third-order valence-corrected chi connectivity index (χ3v) is 5.10. The summed E-state index contributed by atoms with van der Waals surface area (Å²) in [5.74, 6) is 0.297. The maximum atomic E-state index is 12.3. The summed E-state index contributed by atoms with van der Waals surface area (Å²) >= 11 is 1.73. The van der Waals surface area contributed by atoms with Gasteiger partial charge in [-0.1, -0.05) is 30.3 Å². The van der Waals surface area contributed by atoms with E-state index in [1.54, 1.807) is 11.3 Å². The van der Waals surface area contributed by atoms with Gasteiger partial charge in [-0.25, -0.2) is 0 Å². The number of aryl methyl sites for hydroxylation is 1. The van der Waals surface area contributed by atoms with E-state index in [0.29, 0.717) is 0 Å². The summed E-state index contributed by atoms with van der Waals surface area (Å²) in [7, 11) is 0. The lowest BCUT2D eigenvalue weighted by molar-refractivity contribution is -0.127. The van der Waals surface area contributed by atoms with Crippen molar-refractivity contribution in [3.63, 3.8) is 0 Å². The smallest absolute Gasteiger partial charge is 0.226 e. The highest BCUT2D eigenvalue weighted by Gasteiger charge is 2.27. The number of carbonyl (C=O) groups excluding carboxylic acids is 1. The van der Waals surface area contributed by atoms with E-state index in [9.17, 15) is 4.79 Å². The van der Waals surface area contributed by atoms with E-state index in [1.807, 2.05) is 18.2 Å². The summed E-state index contributed by atoms with van der Waals surface area (Å²) in [4.78, 5) is 13.5. The molecule has 2 heterocycles. The van der Waals surface area contributed by atoms with Gasteiger partial charge in [0.25, 0.3) is 0 Å². The van der Waals surface area contributed by atoms with Gasteiger partial charge in [0.15, 0.2) is 0 Å². The summed E-state index contributed by atoms with van der Waals surface area (Å²) in [6.07, 6.45) is 0.841. The van der Waals surface area contributed by atoms with Crippen molar-refractivity contribution >= 4 is 17.2 Å². The standard InChI is InChI=1S/C17H20N2OS/c1-12-7-8-21-16(12)15(9-13-5-3-2-4-6-13)19-17(20)14-10-18-11-14/h2-8,14-15,18H,9-11H2,1H3,(H,19,20). The fourth-order valence-electron chi connectivity index (χ4n) is 2.56. The van der Waals surface area contributed by atoms with Crippen LogP contribution in [0.25, 0.3) is 0 Å². The summed E-state index contributed by atoms with van der Waals surface area (Å²) in [5, 5.41) is 8.49. The first-order chi connectivity index (χ1) is 10.2. The van der Waals surface area contributed by atoms with Crippen LogP contribution in [0.5, 0.6) is 0 Å². The Morgan fingerprint density at radius 2 is 2.10 bits per heavy atom. The molecule has 1 aliphatic rings. The van der Waals surface area contributed by atoms with Crippen LogP contribution in [-0.4, -0.2) is 19.0 Å². The average molecular weight is 300 g/mol. The molecule has 1 fully saturated rings. The summed E-state index contributed by atoms with van der Waals surface area (Å²) in [6.45, 7) is 3.71. The molecule has 2 aromatic rings. The molecule has 1 aromatic carbocycles. The van der Waals surface area contributed by atoms with Gasteiger partial charge in [0.1, 0.15) is 0 Å². The zero-order valence-electron chi connectivity index (χ0n) is 12.1. The Kier molecular flexibility index (Phi) is 4.36. The van der Waals surface area contributed by atoms with Crippen molar-refractivity contribution in [2.45, 2.75) is 19.4 Å². The predicted molar refractivity (Wildman–Crippen MR) is 86.4 cm³/mol. The van der Waals surface area contributed by atoms with E-state index in [2.05, 4.69) is 41.1 Å². The maximum Gasteiger partial charge on any atom is 0.226 e. The second kappa shape index (κ2) is 6.41.